The van der Waals surface area contributed by atoms with E-state index in [1.165, 1.54) is 6.08 Å². The van der Waals surface area contributed by atoms with Crippen LogP contribution in [0.5, 0.6) is 0 Å². The molecule has 3 rings (SSSR count). The van der Waals surface area contributed by atoms with E-state index in [0.717, 1.165) is 19.3 Å². The minimum atomic E-state index is -0.349. The highest BCUT2D eigenvalue weighted by molar-refractivity contribution is 6.01. The molecule has 0 radical (unpaired) electrons. The summed E-state index contributed by atoms with van der Waals surface area (Å²) in [5, 5.41) is 5.03. The first-order valence-corrected chi connectivity index (χ1v) is 9.17. The van der Waals surface area contributed by atoms with Crippen LogP contribution >= 0.6 is 0 Å². The number of nitrogens with zero attached hydrogens (tertiary/aromatic N) is 1. The predicted molar refractivity (Wildman–Crippen MR) is 99.8 cm³/mol. The van der Waals surface area contributed by atoms with E-state index in [-0.39, 0.29) is 35.6 Å². The number of benzene rings is 1. The topological polar surface area (TPSA) is 95.6 Å². The molecular weight excluding hydrogens is 346 g/mol. The van der Waals surface area contributed by atoms with E-state index in [4.69, 9.17) is 0 Å². The Hall–Kier alpha value is -2.96. The molecule has 2 heterocycles. The van der Waals surface area contributed by atoms with Crippen molar-refractivity contribution in [1.82, 2.24) is 10.2 Å². The Morgan fingerprint density at radius 2 is 1.89 bits per heavy atom. The van der Waals surface area contributed by atoms with Crippen LogP contribution in [-0.4, -0.2) is 41.1 Å². The molecule has 7 nitrogen and oxygen atoms in total. The smallest absolute Gasteiger partial charge is 0.254 e. The molecule has 0 bridgehead atoms. The SMILES string of the molecule is C=CC(=O)Nc1ccc(C(=O)N2CCCCC2C2CCC(=O)NC2=O)cc1. The number of carbonyl (C=O) groups is 4. The molecule has 2 atom stereocenters. The number of piperidine rings is 2. The van der Waals surface area contributed by atoms with E-state index in [1.54, 1.807) is 29.2 Å². The van der Waals surface area contributed by atoms with Gasteiger partial charge in [0.1, 0.15) is 0 Å². The first-order valence-electron chi connectivity index (χ1n) is 9.17. The van der Waals surface area contributed by atoms with Crippen molar-refractivity contribution in [2.24, 2.45) is 5.92 Å². The van der Waals surface area contributed by atoms with Gasteiger partial charge in [-0.15, -0.1) is 0 Å². The van der Waals surface area contributed by atoms with Gasteiger partial charge < -0.3 is 10.2 Å². The molecule has 1 aromatic rings. The zero-order valence-electron chi connectivity index (χ0n) is 15.1. The number of amides is 4. The van der Waals surface area contributed by atoms with E-state index in [0.29, 0.717) is 30.6 Å². The number of likely N-dealkylation sites (tertiary alicyclic amines) is 1. The molecule has 2 unspecified atom stereocenters. The van der Waals surface area contributed by atoms with Gasteiger partial charge in [0.15, 0.2) is 0 Å². The normalized spacial score (nSPS) is 22.7. The average molecular weight is 369 g/mol. The maximum atomic E-state index is 13.0. The van der Waals surface area contributed by atoms with Crippen molar-refractivity contribution in [2.45, 2.75) is 38.1 Å². The molecule has 0 saturated carbocycles. The number of anilines is 1. The van der Waals surface area contributed by atoms with Gasteiger partial charge in [0.2, 0.25) is 17.7 Å². The summed E-state index contributed by atoms with van der Waals surface area (Å²) in [6.07, 6.45) is 4.57. The molecule has 1 aromatic carbocycles. The standard InChI is InChI=1S/C20H23N3O4/c1-2-17(24)21-14-8-6-13(7-9-14)20(27)23-12-4-3-5-16(23)15-10-11-18(25)22-19(15)26/h2,6-9,15-16H,1,3-5,10-12H2,(H,21,24)(H,22,25,26). The molecule has 2 aliphatic rings. The molecule has 0 spiro atoms. The van der Waals surface area contributed by atoms with E-state index < -0.39 is 0 Å². The van der Waals surface area contributed by atoms with Gasteiger partial charge in [-0.2, -0.15) is 0 Å². The molecule has 0 aromatic heterocycles. The molecule has 2 aliphatic heterocycles. The molecule has 0 aliphatic carbocycles. The highest BCUT2D eigenvalue weighted by atomic mass is 16.2. The third-order valence-corrected chi connectivity index (χ3v) is 5.14. The van der Waals surface area contributed by atoms with Crippen LogP contribution in [0.2, 0.25) is 0 Å². The van der Waals surface area contributed by atoms with Gasteiger partial charge in [-0.05, 0) is 56.0 Å². The fraction of sp³-hybridized carbons (Fsp3) is 0.400. The van der Waals surface area contributed by atoms with Gasteiger partial charge >= 0.3 is 0 Å². The maximum absolute atomic E-state index is 13.0. The van der Waals surface area contributed by atoms with Crippen LogP contribution in [-0.2, 0) is 14.4 Å². The van der Waals surface area contributed by atoms with Crippen LogP contribution < -0.4 is 10.6 Å². The first-order chi connectivity index (χ1) is 13.0. The zero-order valence-corrected chi connectivity index (χ0v) is 15.1. The summed E-state index contributed by atoms with van der Waals surface area (Å²) in [5.74, 6) is -1.33. The van der Waals surface area contributed by atoms with Crippen molar-refractivity contribution in [3.8, 4) is 0 Å². The van der Waals surface area contributed by atoms with E-state index in [9.17, 15) is 19.2 Å². The Morgan fingerprint density at radius 1 is 1.15 bits per heavy atom. The molecule has 27 heavy (non-hydrogen) atoms. The fourth-order valence-corrected chi connectivity index (χ4v) is 3.76. The summed E-state index contributed by atoms with van der Waals surface area (Å²) in [6.45, 7) is 3.99. The number of imide groups is 1. The first kappa shape index (κ1) is 18.8. The van der Waals surface area contributed by atoms with E-state index in [1.807, 2.05) is 0 Å². The lowest BCUT2D eigenvalue weighted by Gasteiger charge is -2.40. The van der Waals surface area contributed by atoms with Gasteiger partial charge in [-0.3, -0.25) is 24.5 Å². The third-order valence-electron chi connectivity index (χ3n) is 5.14. The lowest BCUT2D eigenvalue weighted by molar-refractivity contribution is -0.138. The molecule has 4 amide bonds. The monoisotopic (exact) mass is 369 g/mol. The van der Waals surface area contributed by atoms with Gasteiger partial charge in [-0.1, -0.05) is 6.58 Å². The second kappa shape index (κ2) is 8.16. The largest absolute Gasteiger partial charge is 0.335 e. The number of hydrogen-bond acceptors (Lipinski definition) is 4. The summed E-state index contributed by atoms with van der Waals surface area (Å²) >= 11 is 0. The maximum Gasteiger partial charge on any atom is 0.254 e. The van der Waals surface area contributed by atoms with Crippen LogP contribution in [0, 0.1) is 5.92 Å². The molecule has 2 saturated heterocycles. The number of nitrogens with one attached hydrogen (secondary N) is 2. The lowest BCUT2D eigenvalue weighted by Crippen LogP contribution is -2.54. The second-order valence-corrected chi connectivity index (χ2v) is 6.89. The summed E-state index contributed by atoms with van der Waals surface area (Å²) in [7, 11) is 0. The number of rotatable bonds is 4. The third kappa shape index (κ3) is 4.24. The Bertz CT molecular complexity index is 772. The zero-order chi connectivity index (χ0) is 19.4. The van der Waals surface area contributed by atoms with E-state index >= 15 is 0 Å². The highest BCUT2D eigenvalue weighted by Gasteiger charge is 2.39. The predicted octanol–water partition coefficient (Wildman–Crippen LogP) is 1.86. The molecule has 142 valence electrons. The summed E-state index contributed by atoms with van der Waals surface area (Å²) in [6, 6.07) is 6.47. The van der Waals surface area contributed by atoms with Crippen molar-refractivity contribution >= 4 is 29.3 Å². The van der Waals surface area contributed by atoms with Crippen molar-refractivity contribution in [3.05, 3.63) is 42.5 Å². The summed E-state index contributed by atoms with van der Waals surface area (Å²) in [5.41, 5.74) is 1.09. The van der Waals surface area contributed by atoms with E-state index in [2.05, 4.69) is 17.2 Å². The van der Waals surface area contributed by atoms with Crippen LogP contribution in [0.4, 0.5) is 5.69 Å². The van der Waals surface area contributed by atoms with Gasteiger partial charge in [0, 0.05) is 30.3 Å². The van der Waals surface area contributed by atoms with Crippen molar-refractivity contribution < 1.29 is 19.2 Å². The van der Waals surface area contributed by atoms with Crippen molar-refractivity contribution in [2.75, 3.05) is 11.9 Å². The average Bonchev–Trinajstić information content (AvgIpc) is 2.68. The number of hydrogen-bond donors (Lipinski definition) is 2. The van der Waals surface area contributed by atoms with Crippen molar-refractivity contribution in [1.29, 1.82) is 0 Å². The minimum Gasteiger partial charge on any atom is -0.335 e. The van der Waals surface area contributed by atoms with Gasteiger partial charge in [-0.25, -0.2) is 0 Å². The Balaban J connectivity index is 1.75. The Labute approximate surface area is 157 Å². The summed E-state index contributed by atoms with van der Waals surface area (Å²) in [4.78, 5) is 49.8. The fourth-order valence-electron chi connectivity index (χ4n) is 3.76. The highest BCUT2D eigenvalue weighted by Crippen LogP contribution is 2.29. The van der Waals surface area contributed by atoms with Crippen LogP contribution in [0.1, 0.15) is 42.5 Å². The molecule has 2 N–H and O–H groups in total. The molecular formula is C20H23N3O4. The quantitative estimate of drug-likeness (QED) is 0.625. The second-order valence-electron chi connectivity index (χ2n) is 6.89. The molecule has 2 fully saturated rings. The van der Waals surface area contributed by atoms with Crippen LogP contribution in [0.15, 0.2) is 36.9 Å². The lowest BCUT2D eigenvalue weighted by atomic mass is 9.84. The van der Waals surface area contributed by atoms with Gasteiger partial charge in [0.25, 0.3) is 5.91 Å². The van der Waals surface area contributed by atoms with Crippen LogP contribution in [0.3, 0.4) is 0 Å². The Morgan fingerprint density at radius 3 is 2.56 bits per heavy atom. The number of carbonyl (C=O) groups excluding carboxylic acids is 4. The molecule has 7 heteroatoms. The Kier molecular flexibility index (Phi) is 5.69. The van der Waals surface area contributed by atoms with Gasteiger partial charge in [0.05, 0.1) is 5.92 Å². The van der Waals surface area contributed by atoms with Crippen molar-refractivity contribution in [3.63, 3.8) is 0 Å². The minimum absolute atomic E-state index is 0.133. The van der Waals surface area contributed by atoms with Crippen LogP contribution in [0.25, 0.3) is 0 Å². The summed E-state index contributed by atoms with van der Waals surface area (Å²) < 4.78 is 0.